The fraction of sp³-hybridized carbons (Fsp3) is 0.182. The molecule has 0 aliphatic rings. The molecule has 0 saturated carbocycles. The summed E-state index contributed by atoms with van der Waals surface area (Å²) >= 11 is 0. The number of hydrogen-bond acceptors (Lipinski definition) is 6. The second-order valence-corrected chi connectivity index (χ2v) is 6.98. The van der Waals surface area contributed by atoms with Crippen molar-refractivity contribution >= 4 is 17.5 Å². The Morgan fingerprint density at radius 3 is 2.66 bits per heavy atom. The summed E-state index contributed by atoms with van der Waals surface area (Å²) in [5.41, 5.74) is 0.952. The van der Waals surface area contributed by atoms with E-state index in [0.717, 1.165) is 37.2 Å². The molecule has 2 N–H and O–H groups in total. The van der Waals surface area contributed by atoms with Gasteiger partial charge in [-0.3, -0.25) is 0 Å². The highest BCUT2D eigenvalue weighted by Gasteiger charge is 2.30. The van der Waals surface area contributed by atoms with Gasteiger partial charge in [0.05, 0.1) is 17.6 Å². The maximum Gasteiger partial charge on any atom is 0.416 e. The van der Waals surface area contributed by atoms with Crippen LogP contribution in [-0.2, 0) is 12.7 Å². The van der Waals surface area contributed by atoms with E-state index in [4.69, 9.17) is 0 Å². The summed E-state index contributed by atoms with van der Waals surface area (Å²) in [6, 6.07) is 10.3. The molecule has 4 aromatic rings. The number of halogens is 3. The molecule has 0 saturated heterocycles. The van der Waals surface area contributed by atoms with Crippen LogP contribution in [0.1, 0.15) is 12.0 Å². The Bertz CT molecular complexity index is 1160. The highest BCUT2D eigenvalue weighted by molar-refractivity contribution is 5.64. The summed E-state index contributed by atoms with van der Waals surface area (Å²) in [6.07, 6.45) is 5.15. The Labute approximate surface area is 182 Å². The molecule has 0 atom stereocenters. The van der Waals surface area contributed by atoms with E-state index < -0.39 is 11.7 Å². The minimum Gasteiger partial charge on any atom is -0.370 e. The number of benzene rings is 1. The van der Waals surface area contributed by atoms with E-state index in [9.17, 15) is 13.2 Å². The third-order valence-electron chi connectivity index (χ3n) is 4.62. The van der Waals surface area contributed by atoms with Gasteiger partial charge >= 0.3 is 6.18 Å². The van der Waals surface area contributed by atoms with Crippen LogP contribution >= 0.6 is 0 Å². The summed E-state index contributed by atoms with van der Waals surface area (Å²) in [5.74, 6) is 0.910. The van der Waals surface area contributed by atoms with Gasteiger partial charge in [-0.2, -0.15) is 13.2 Å². The van der Waals surface area contributed by atoms with Gasteiger partial charge in [0.1, 0.15) is 5.82 Å². The first kappa shape index (κ1) is 21.3. The molecular formula is C22H20F3N7. The first-order chi connectivity index (χ1) is 15.5. The van der Waals surface area contributed by atoms with Gasteiger partial charge in [-0.25, -0.2) is 19.9 Å². The van der Waals surface area contributed by atoms with Crippen LogP contribution in [0, 0.1) is 0 Å². The minimum absolute atomic E-state index is 0.202. The van der Waals surface area contributed by atoms with Crippen molar-refractivity contribution in [3.8, 4) is 11.3 Å². The van der Waals surface area contributed by atoms with Crippen molar-refractivity contribution in [2.75, 3.05) is 17.2 Å². The molecule has 164 valence electrons. The summed E-state index contributed by atoms with van der Waals surface area (Å²) in [4.78, 5) is 16.9. The van der Waals surface area contributed by atoms with E-state index in [2.05, 4.69) is 30.6 Å². The zero-order valence-electron chi connectivity index (χ0n) is 16.9. The lowest BCUT2D eigenvalue weighted by Gasteiger charge is -2.11. The van der Waals surface area contributed by atoms with Gasteiger partial charge in [0, 0.05) is 49.1 Å². The van der Waals surface area contributed by atoms with Crippen molar-refractivity contribution in [1.29, 1.82) is 0 Å². The van der Waals surface area contributed by atoms with Gasteiger partial charge in [-0.1, -0.05) is 6.07 Å². The summed E-state index contributed by atoms with van der Waals surface area (Å²) in [5, 5.41) is 6.12. The van der Waals surface area contributed by atoms with Crippen LogP contribution in [0.5, 0.6) is 0 Å². The number of anilines is 3. The normalized spacial score (nSPS) is 11.3. The number of imidazole rings is 1. The molecule has 0 fully saturated rings. The van der Waals surface area contributed by atoms with Crippen LogP contribution in [0.25, 0.3) is 11.3 Å². The molecular weight excluding hydrogens is 419 g/mol. The molecule has 10 heteroatoms. The third-order valence-corrected chi connectivity index (χ3v) is 4.62. The molecule has 7 nitrogen and oxygen atoms in total. The van der Waals surface area contributed by atoms with Crippen LogP contribution in [0.15, 0.2) is 73.6 Å². The topological polar surface area (TPSA) is 80.5 Å². The Morgan fingerprint density at radius 2 is 1.84 bits per heavy atom. The standard InChI is InChI=1S/C22H20F3N7/c23-22(24,25)17-3-1-4-18(14-17)30-21-29-9-6-19(31-21)16-5-8-28-20(13-16)27-7-2-11-32-12-10-26-15-32/h1,3-6,8-10,12-15H,2,7,11H2,(H,27,28)(H,29,30,31). The first-order valence-electron chi connectivity index (χ1n) is 9.91. The van der Waals surface area contributed by atoms with Crippen molar-refractivity contribution in [2.45, 2.75) is 19.1 Å². The smallest absolute Gasteiger partial charge is 0.370 e. The van der Waals surface area contributed by atoms with Gasteiger partial charge in [-0.15, -0.1) is 0 Å². The number of pyridine rings is 1. The van der Waals surface area contributed by atoms with E-state index in [1.807, 2.05) is 22.9 Å². The number of nitrogens with one attached hydrogen (secondary N) is 2. The number of rotatable bonds is 8. The number of hydrogen-bond donors (Lipinski definition) is 2. The lowest BCUT2D eigenvalue weighted by atomic mass is 10.2. The largest absolute Gasteiger partial charge is 0.416 e. The highest BCUT2D eigenvalue weighted by atomic mass is 19.4. The number of aryl methyl sites for hydroxylation is 1. The molecule has 3 aromatic heterocycles. The van der Waals surface area contributed by atoms with Crippen molar-refractivity contribution in [2.24, 2.45) is 0 Å². The predicted octanol–water partition coefficient (Wildman–Crippen LogP) is 5.00. The fourth-order valence-electron chi connectivity index (χ4n) is 3.07. The number of nitrogens with zero attached hydrogens (tertiary/aromatic N) is 5. The van der Waals surface area contributed by atoms with Crippen LogP contribution in [0.4, 0.5) is 30.6 Å². The molecule has 0 amide bonds. The van der Waals surface area contributed by atoms with Crippen LogP contribution in [0.3, 0.4) is 0 Å². The van der Waals surface area contributed by atoms with E-state index in [1.165, 1.54) is 12.1 Å². The maximum atomic E-state index is 12.9. The maximum absolute atomic E-state index is 12.9. The zero-order valence-corrected chi connectivity index (χ0v) is 16.9. The van der Waals surface area contributed by atoms with Crippen LogP contribution in [-0.4, -0.2) is 31.0 Å². The predicted molar refractivity (Wildman–Crippen MR) is 115 cm³/mol. The Kier molecular flexibility index (Phi) is 6.29. The average molecular weight is 439 g/mol. The molecule has 0 aliphatic carbocycles. The summed E-state index contributed by atoms with van der Waals surface area (Å²) < 4.78 is 40.8. The summed E-state index contributed by atoms with van der Waals surface area (Å²) in [6.45, 7) is 1.59. The van der Waals surface area contributed by atoms with Gasteiger partial charge < -0.3 is 15.2 Å². The second kappa shape index (κ2) is 9.46. The molecule has 3 heterocycles. The SMILES string of the molecule is FC(F)(F)c1cccc(Nc2nccc(-c3ccnc(NCCCn4ccnc4)c3)n2)c1. The Morgan fingerprint density at radius 1 is 0.969 bits per heavy atom. The molecule has 0 unspecified atom stereocenters. The van der Waals surface area contributed by atoms with Gasteiger partial charge in [0.25, 0.3) is 0 Å². The summed E-state index contributed by atoms with van der Waals surface area (Å²) in [7, 11) is 0. The minimum atomic E-state index is -4.42. The van der Waals surface area contributed by atoms with E-state index >= 15 is 0 Å². The fourth-order valence-corrected chi connectivity index (χ4v) is 3.07. The van der Waals surface area contributed by atoms with E-state index in [0.29, 0.717) is 11.5 Å². The molecule has 1 aromatic carbocycles. The number of alkyl halides is 3. The molecule has 32 heavy (non-hydrogen) atoms. The molecule has 0 bridgehead atoms. The average Bonchev–Trinajstić information content (AvgIpc) is 3.30. The van der Waals surface area contributed by atoms with Crippen molar-refractivity contribution in [3.63, 3.8) is 0 Å². The van der Waals surface area contributed by atoms with Crippen molar-refractivity contribution < 1.29 is 13.2 Å². The molecule has 0 radical (unpaired) electrons. The van der Waals surface area contributed by atoms with Gasteiger partial charge in [-0.05, 0) is 42.8 Å². The zero-order chi connectivity index (χ0) is 22.4. The molecule has 0 aliphatic heterocycles. The lowest BCUT2D eigenvalue weighted by molar-refractivity contribution is -0.137. The van der Waals surface area contributed by atoms with Gasteiger partial charge in [0.15, 0.2) is 0 Å². The monoisotopic (exact) mass is 439 g/mol. The lowest BCUT2D eigenvalue weighted by Crippen LogP contribution is -2.07. The highest BCUT2D eigenvalue weighted by Crippen LogP contribution is 2.31. The molecule has 0 spiro atoms. The quantitative estimate of drug-likeness (QED) is 0.376. The van der Waals surface area contributed by atoms with E-state index in [1.54, 1.807) is 31.0 Å². The van der Waals surface area contributed by atoms with E-state index in [-0.39, 0.29) is 11.6 Å². The van der Waals surface area contributed by atoms with Crippen LogP contribution < -0.4 is 10.6 Å². The van der Waals surface area contributed by atoms with Crippen molar-refractivity contribution in [1.82, 2.24) is 24.5 Å². The second-order valence-electron chi connectivity index (χ2n) is 6.98. The van der Waals surface area contributed by atoms with Crippen molar-refractivity contribution in [3.05, 3.63) is 79.1 Å². The van der Waals surface area contributed by atoms with Gasteiger partial charge in [0.2, 0.25) is 5.95 Å². The third kappa shape index (κ3) is 5.60. The Balaban J connectivity index is 1.42. The molecule has 4 rings (SSSR count). The number of aromatic nitrogens is 5. The van der Waals surface area contributed by atoms with Crippen LogP contribution in [0.2, 0.25) is 0 Å². The first-order valence-corrected chi connectivity index (χ1v) is 9.91. The Hall–Kier alpha value is -3.95.